The lowest BCUT2D eigenvalue weighted by Gasteiger charge is -2.22. The first-order valence-electron chi connectivity index (χ1n) is 6.20. The van der Waals surface area contributed by atoms with Crippen molar-refractivity contribution in [2.75, 3.05) is 13.1 Å². The van der Waals surface area contributed by atoms with E-state index in [4.69, 9.17) is 0 Å². The maximum Gasteiger partial charge on any atom is 0.0675 e. The van der Waals surface area contributed by atoms with Crippen molar-refractivity contribution in [1.82, 2.24) is 10.0 Å². The molecule has 0 aromatic heterocycles. The maximum atomic E-state index is 4.41. The summed E-state index contributed by atoms with van der Waals surface area (Å²) in [6, 6.07) is 1.04. The van der Waals surface area contributed by atoms with E-state index in [9.17, 15) is 0 Å². The van der Waals surface area contributed by atoms with Crippen LogP contribution in [0.4, 0.5) is 0 Å². The molecule has 2 fully saturated rings. The summed E-state index contributed by atoms with van der Waals surface area (Å²) in [7, 11) is 0. The summed E-state index contributed by atoms with van der Waals surface area (Å²) in [6.07, 6.45) is 11.6. The van der Waals surface area contributed by atoms with Gasteiger partial charge in [0.05, 0.1) is 12.1 Å². The summed E-state index contributed by atoms with van der Waals surface area (Å²) in [5.74, 6) is 1.44. The summed E-state index contributed by atoms with van der Waals surface area (Å²) >= 11 is 0. The number of hydrogen-bond acceptors (Lipinski definition) is 2. The van der Waals surface area contributed by atoms with E-state index < -0.39 is 0 Å². The second-order valence-electron chi connectivity index (χ2n) is 5.32. The Morgan fingerprint density at radius 3 is 1.56 bits per heavy atom. The lowest BCUT2D eigenvalue weighted by atomic mass is 10.2. The van der Waals surface area contributed by atoms with Gasteiger partial charge in [-0.25, -0.2) is 0 Å². The summed E-state index contributed by atoms with van der Waals surface area (Å²) in [5.41, 5.74) is 0. The van der Waals surface area contributed by atoms with Crippen molar-refractivity contribution in [2.24, 2.45) is 22.3 Å². The quantitative estimate of drug-likeness (QED) is 0.520. The average Bonchev–Trinajstić information content (AvgIpc) is 3.05. The van der Waals surface area contributed by atoms with Crippen LogP contribution in [0.15, 0.2) is 34.8 Å². The summed E-state index contributed by atoms with van der Waals surface area (Å²) in [5, 5.41) is 13.1. The average molecular weight is 216 g/mol. The Hall–Kier alpha value is -1.32. The molecular weight excluding hydrogens is 200 g/mol. The minimum Gasteiger partial charge on any atom is -0.270 e. The van der Waals surface area contributed by atoms with Crippen molar-refractivity contribution in [3.8, 4) is 0 Å². The topological polar surface area (TPSA) is 31.2 Å². The van der Waals surface area contributed by atoms with Gasteiger partial charge in [0, 0.05) is 13.1 Å². The Labute approximate surface area is 95.3 Å². The van der Waals surface area contributed by atoms with Crippen LogP contribution in [0.25, 0.3) is 0 Å². The van der Waals surface area contributed by atoms with Crippen LogP contribution in [0.2, 0.25) is 0 Å². The monoisotopic (exact) mass is 216 g/mol. The minimum absolute atomic E-state index is 0.518. The highest BCUT2D eigenvalue weighted by atomic mass is 15.7. The molecule has 0 spiro atoms. The highest BCUT2D eigenvalue weighted by Crippen LogP contribution is 2.34. The molecule has 0 saturated carbocycles. The van der Waals surface area contributed by atoms with Crippen molar-refractivity contribution >= 4 is 0 Å². The van der Waals surface area contributed by atoms with Crippen LogP contribution < -0.4 is 0 Å². The molecule has 84 valence electrons. The first-order valence-corrected chi connectivity index (χ1v) is 6.20. The molecule has 0 aromatic rings. The predicted molar refractivity (Wildman–Crippen MR) is 60.3 cm³/mol. The van der Waals surface area contributed by atoms with E-state index >= 15 is 0 Å². The number of fused-ring (bicyclic) bond motifs is 4. The van der Waals surface area contributed by atoms with E-state index in [1.54, 1.807) is 0 Å². The molecule has 2 heterocycles. The van der Waals surface area contributed by atoms with E-state index in [1.165, 1.54) is 12.8 Å². The number of hydrogen-bond donors (Lipinski definition) is 0. The molecule has 4 atom stereocenters. The Bertz CT molecular complexity index is 350. The fourth-order valence-electron chi connectivity index (χ4n) is 3.28. The Kier molecular flexibility index (Phi) is 1.70. The molecular formula is C12H16N4. The third-order valence-corrected chi connectivity index (χ3v) is 4.18. The van der Waals surface area contributed by atoms with Crippen LogP contribution in [0.3, 0.4) is 0 Å². The van der Waals surface area contributed by atoms with Crippen LogP contribution in [0.5, 0.6) is 0 Å². The molecule has 2 aliphatic carbocycles. The summed E-state index contributed by atoms with van der Waals surface area (Å²) in [6.45, 7) is 2.12. The van der Waals surface area contributed by atoms with Crippen LogP contribution in [0, 0.1) is 11.8 Å². The molecule has 4 heteroatoms. The molecule has 4 nitrogen and oxygen atoms in total. The van der Waals surface area contributed by atoms with Gasteiger partial charge in [-0.05, 0) is 24.7 Å². The third kappa shape index (κ3) is 1.22. The molecule has 4 rings (SSSR count). The fourth-order valence-corrected chi connectivity index (χ4v) is 3.28. The SMILES string of the molecule is C1=CC2CC1CN2/N=N/N1CC2C=CC1C2. The zero-order chi connectivity index (χ0) is 10.5. The normalized spacial score (nSPS) is 43.5. The van der Waals surface area contributed by atoms with E-state index in [0.717, 1.165) is 24.9 Å². The highest BCUT2D eigenvalue weighted by molar-refractivity contribution is 5.13. The van der Waals surface area contributed by atoms with Crippen molar-refractivity contribution in [3.63, 3.8) is 0 Å². The first kappa shape index (κ1) is 8.79. The van der Waals surface area contributed by atoms with Crippen LogP contribution in [-0.2, 0) is 0 Å². The highest BCUT2D eigenvalue weighted by Gasteiger charge is 2.35. The largest absolute Gasteiger partial charge is 0.270 e. The van der Waals surface area contributed by atoms with Crippen molar-refractivity contribution in [3.05, 3.63) is 24.3 Å². The second-order valence-corrected chi connectivity index (χ2v) is 5.32. The van der Waals surface area contributed by atoms with Crippen LogP contribution in [0.1, 0.15) is 12.8 Å². The van der Waals surface area contributed by atoms with Crippen molar-refractivity contribution in [1.29, 1.82) is 0 Å². The molecule has 0 radical (unpaired) electrons. The predicted octanol–water partition coefficient (Wildman–Crippen LogP) is 1.79. The zero-order valence-corrected chi connectivity index (χ0v) is 9.24. The molecule has 4 aliphatic rings. The van der Waals surface area contributed by atoms with Gasteiger partial charge in [0.2, 0.25) is 0 Å². The fraction of sp³-hybridized carbons (Fsp3) is 0.667. The molecule has 4 bridgehead atoms. The Balaban J connectivity index is 1.44. The molecule has 16 heavy (non-hydrogen) atoms. The van der Waals surface area contributed by atoms with E-state index in [0.29, 0.717) is 12.1 Å². The lowest BCUT2D eigenvalue weighted by molar-refractivity contribution is 0.198. The van der Waals surface area contributed by atoms with Crippen molar-refractivity contribution < 1.29 is 0 Å². The lowest BCUT2D eigenvalue weighted by Crippen LogP contribution is -2.27. The minimum atomic E-state index is 0.518. The number of nitrogens with zero attached hydrogens (tertiary/aromatic N) is 4. The zero-order valence-electron chi connectivity index (χ0n) is 9.24. The van der Waals surface area contributed by atoms with Gasteiger partial charge >= 0.3 is 0 Å². The van der Waals surface area contributed by atoms with Gasteiger partial charge in [0.1, 0.15) is 0 Å². The van der Waals surface area contributed by atoms with Crippen LogP contribution in [-0.4, -0.2) is 35.2 Å². The standard InChI is InChI=1S/C12H16N4/c1-3-11-5-9(1)7-15(11)13-14-16-8-10-2-4-12(16)6-10/h1-4,9-12H,5-8H2/b14-13+. The van der Waals surface area contributed by atoms with Gasteiger partial charge < -0.3 is 0 Å². The second kappa shape index (κ2) is 3.09. The maximum absolute atomic E-state index is 4.41. The molecule has 2 saturated heterocycles. The van der Waals surface area contributed by atoms with E-state index in [2.05, 4.69) is 44.8 Å². The van der Waals surface area contributed by atoms with Gasteiger partial charge in [0.15, 0.2) is 0 Å². The van der Waals surface area contributed by atoms with Crippen molar-refractivity contribution in [2.45, 2.75) is 24.9 Å². The van der Waals surface area contributed by atoms with Gasteiger partial charge in [-0.2, -0.15) is 0 Å². The first-order chi connectivity index (χ1) is 7.88. The summed E-state index contributed by atoms with van der Waals surface area (Å²) in [4.78, 5) is 0. The molecule has 2 aliphatic heterocycles. The molecule has 0 N–H and O–H groups in total. The van der Waals surface area contributed by atoms with Gasteiger partial charge in [-0.3, -0.25) is 10.0 Å². The third-order valence-electron chi connectivity index (χ3n) is 4.18. The smallest absolute Gasteiger partial charge is 0.0675 e. The Morgan fingerprint density at radius 1 is 0.750 bits per heavy atom. The van der Waals surface area contributed by atoms with Gasteiger partial charge in [-0.15, -0.1) is 0 Å². The van der Waals surface area contributed by atoms with E-state index in [-0.39, 0.29) is 0 Å². The molecule has 0 amide bonds. The summed E-state index contributed by atoms with van der Waals surface area (Å²) < 4.78 is 0. The number of rotatable bonds is 2. The van der Waals surface area contributed by atoms with Gasteiger partial charge in [0.25, 0.3) is 0 Å². The van der Waals surface area contributed by atoms with Crippen LogP contribution >= 0.6 is 0 Å². The molecule has 4 unspecified atom stereocenters. The molecule has 0 aromatic carbocycles. The van der Waals surface area contributed by atoms with E-state index in [1.807, 2.05) is 0 Å². The van der Waals surface area contributed by atoms with Gasteiger partial charge in [-0.1, -0.05) is 34.8 Å². The Morgan fingerprint density at radius 2 is 1.25 bits per heavy atom.